The molecule has 176 valence electrons. The highest BCUT2D eigenvalue weighted by Gasteiger charge is 2.12. The summed E-state index contributed by atoms with van der Waals surface area (Å²) < 4.78 is 0. The molecule has 0 aromatic carbocycles. The molecule has 0 aliphatic carbocycles. The maximum Gasteiger partial charge on any atom is 0.140 e. The van der Waals surface area contributed by atoms with Crippen LogP contribution in [0.1, 0.15) is 120 Å². The van der Waals surface area contributed by atoms with Crippen molar-refractivity contribution in [3.8, 4) is 0 Å². The summed E-state index contributed by atoms with van der Waals surface area (Å²) in [4.78, 5) is 44.1. The molecule has 0 rings (SSSR count). The molecule has 0 saturated carbocycles. The molecule has 0 aliphatic rings. The zero-order chi connectivity index (χ0) is 23.7. The Morgan fingerprint density at radius 1 is 0.533 bits per heavy atom. The van der Waals surface area contributed by atoms with E-state index >= 15 is 0 Å². The third-order valence-corrected chi connectivity index (χ3v) is 5.00. The van der Waals surface area contributed by atoms with E-state index in [1.54, 1.807) is 0 Å². The van der Waals surface area contributed by atoms with Crippen molar-refractivity contribution in [2.75, 3.05) is 0 Å². The highest BCUT2D eigenvalue weighted by atomic mass is 16.2. The predicted molar refractivity (Wildman–Crippen MR) is 126 cm³/mol. The lowest BCUT2D eigenvalue weighted by molar-refractivity contribution is -0.128. The van der Waals surface area contributed by atoms with Crippen LogP contribution in [-0.4, -0.2) is 23.1 Å². The zero-order valence-electron chi connectivity index (χ0n) is 21.0. The zero-order valence-corrected chi connectivity index (χ0v) is 21.0. The molecule has 0 radical (unpaired) electrons. The molecule has 0 N–H and O–H groups in total. The fourth-order valence-electron chi connectivity index (χ4n) is 3.43. The molecule has 4 heteroatoms. The van der Waals surface area contributed by atoms with E-state index in [1.165, 1.54) is 39.5 Å². The van der Waals surface area contributed by atoms with Crippen LogP contribution in [0.15, 0.2) is 0 Å². The summed E-state index contributed by atoms with van der Waals surface area (Å²) in [5, 5.41) is 0. The Bertz CT molecular complexity index is 459. The summed E-state index contributed by atoms with van der Waals surface area (Å²) in [5.41, 5.74) is 0. The van der Waals surface area contributed by atoms with Gasteiger partial charge in [0.15, 0.2) is 0 Å². The third-order valence-electron chi connectivity index (χ3n) is 5.00. The summed E-state index contributed by atoms with van der Waals surface area (Å²) in [6, 6.07) is 0. The minimum absolute atomic E-state index is 0.0191. The Balaban J connectivity index is 0. The van der Waals surface area contributed by atoms with Gasteiger partial charge >= 0.3 is 0 Å². The van der Waals surface area contributed by atoms with Crippen LogP contribution >= 0.6 is 0 Å². The van der Waals surface area contributed by atoms with E-state index in [0.29, 0.717) is 24.7 Å². The first-order valence-corrected chi connectivity index (χ1v) is 11.9. The van der Waals surface area contributed by atoms with Crippen LogP contribution < -0.4 is 0 Å². The molecule has 0 aromatic heterocycles. The Hall–Kier alpha value is -1.32. The molecule has 4 nitrogen and oxygen atoms in total. The summed E-state index contributed by atoms with van der Waals surface area (Å²) in [7, 11) is 0. The van der Waals surface area contributed by atoms with Gasteiger partial charge in [0.1, 0.15) is 23.1 Å². The molecular weight excluding hydrogens is 376 g/mol. The number of hydrogen-bond donors (Lipinski definition) is 0. The normalized spacial score (nSPS) is 12.9. The second kappa shape index (κ2) is 18.4. The molecule has 30 heavy (non-hydrogen) atoms. The molecule has 0 fully saturated rings. The van der Waals surface area contributed by atoms with Gasteiger partial charge in [-0.05, 0) is 37.5 Å². The lowest BCUT2D eigenvalue weighted by Gasteiger charge is -2.10. The van der Waals surface area contributed by atoms with E-state index in [-0.39, 0.29) is 36.0 Å². The van der Waals surface area contributed by atoms with Gasteiger partial charge in [-0.15, -0.1) is 0 Å². The molecule has 0 amide bonds. The Morgan fingerprint density at radius 3 is 1.07 bits per heavy atom. The summed E-state index contributed by atoms with van der Waals surface area (Å²) in [5.74, 6) is 2.49. The fraction of sp³-hybridized carbons (Fsp3) is 0.846. The monoisotopic (exact) mass is 424 g/mol. The van der Waals surface area contributed by atoms with E-state index in [1.807, 2.05) is 0 Å². The van der Waals surface area contributed by atoms with Crippen molar-refractivity contribution in [2.45, 2.75) is 120 Å². The van der Waals surface area contributed by atoms with Gasteiger partial charge in [0.05, 0.1) is 12.8 Å². The van der Waals surface area contributed by atoms with E-state index in [0.717, 1.165) is 24.7 Å². The highest BCUT2D eigenvalue weighted by molar-refractivity contribution is 5.98. The largest absolute Gasteiger partial charge is 0.300 e. The maximum atomic E-state index is 11.3. The van der Waals surface area contributed by atoms with E-state index in [4.69, 9.17) is 0 Å². The van der Waals surface area contributed by atoms with Crippen molar-refractivity contribution in [3.05, 3.63) is 0 Å². The van der Waals surface area contributed by atoms with Gasteiger partial charge < -0.3 is 0 Å². The number of Topliss-reactive ketones (excluding diaryl/α,β-unsaturated/α-hetero) is 4. The lowest BCUT2D eigenvalue weighted by Crippen LogP contribution is -2.09. The van der Waals surface area contributed by atoms with Gasteiger partial charge in [0.2, 0.25) is 0 Å². The van der Waals surface area contributed by atoms with Crippen LogP contribution in [0.25, 0.3) is 0 Å². The second-order valence-corrected chi connectivity index (χ2v) is 10.1. The molecule has 0 aromatic rings. The first-order chi connectivity index (χ1) is 13.8. The smallest absolute Gasteiger partial charge is 0.140 e. The van der Waals surface area contributed by atoms with Gasteiger partial charge in [0.25, 0.3) is 0 Å². The van der Waals surface area contributed by atoms with Crippen LogP contribution in [0.3, 0.4) is 0 Å². The van der Waals surface area contributed by atoms with Crippen LogP contribution in [0.2, 0.25) is 0 Å². The van der Waals surface area contributed by atoms with Crippen molar-refractivity contribution >= 4 is 23.1 Å². The minimum Gasteiger partial charge on any atom is -0.300 e. The van der Waals surface area contributed by atoms with E-state index in [2.05, 4.69) is 41.5 Å². The highest BCUT2D eigenvalue weighted by Crippen LogP contribution is 2.17. The minimum atomic E-state index is -0.0191. The molecule has 0 bridgehead atoms. The summed E-state index contributed by atoms with van der Waals surface area (Å²) in [6.07, 6.45) is 8.40. The van der Waals surface area contributed by atoms with Crippen LogP contribution in [0.4, 0.5) is 0 Å². The summed E-state index contributed by atoms with van der Waals surface area (Å²) >= 11 is 0. The second-order valence-electron chi connectivity index (χ2n) is 10.1. The average Bonchev–Trinajstić information content (AvgIpc) is 2.52. The van der Waals surface area contributed by atoms with Crippen molar-refractivity contribution in [3.63, 3.8) is 0 Å². The van der Waals surface area contributed by atoms with Crippen LogP contribution in [0.5, 0.6) is 0 Å². The first-order valence-electron chi connectivity index (χ1n) is 11.9. The van der Waals surface area contributed by atoms with Crippen molar-refractivity contribution < 1.29 is 19.2 Å². The Kier molecular flexibility index (Phi) is 19.0. The molecule has 0 heterocycles. The third kappa shape index (κ3) is 24.7. The molecular formula is C26H48O4. The predicted octanol–water partition coefficient (Wildman–Crippen LogP) is 6.77. The quantitative estimate of drug-likeness (QED) is 0.256. The molecule has 0 saturated heterocycles. The number of ketones is 4. The number of carbonyl (C=O) groups is 4. The Labute approximate surface area is 186 Å². The molecule has 0 spiro atoms. The number of hydrogen-bond acceptors (Lipinski definition) is 4. The van der Waals surface area contributed by atoms with Gasteiger partial charge in [-0.25, -0.2) is 0 Å². The number of rotatable bonds is 16. The van der Waals surface area contributed by atoms with Crippen molar-refractivity contribution in [1.29, 1.82) is 0 Å². The van der Waals surface area contributed by atoms with Gasteiger partial charge in [-0.3, -0.25) is 19.2 Å². The summed E-state index contributed by atoms with van der Waals surface area (Å²) in [6.45, 7) is 16.0. The van der Waals surface area contributed by atoms with E-state index < -0.39 is 0 Å². The topological polar surface area (TPSA) is 68.3 Å². The van der Waals surface area contributed by atoms with Crippen LogP contribution in [-0.2, 0) is 19.2 Å². The van der Waals surface area contributed by atoms with Gasteiger partial charge in [-0.2, -0.15) is 0 Å². The average molecular weight is 425 g/mol. The lowest BCUT2D eigenvalue weighted by atomic mass is 9.94. The molecule has 2 atom stereocenters. The van der Waals surface area contributed by atoms with Gasteiger partial charge in [-0.1, -0.05) is 80.1 Å². The SMILES string of the molecule is CC(=O)CC(=O)CC(C)CCCC(C)C.CC(=O)CC(=O)CC(C)CCCC(C)C. The number of carbonyl (C=O) groups excluding carboxylic acids is 4. The first kappa shape index (κ1) is 30.9. The van der Waals surface area contributed by atoms with Crippen LogP contribution in [0, 0.1) is 23.7 Å². The molecule has 0 aliphatic heterocycles. The van der Waals surface area contributed by atoms with Gasteiger partial charge in [0, 0.05) is 12.8 Å². The van der Waals surface area contributed by atoms with E-state index in [9.17, 15) is 19.2 Å². The fourth-order valence-corrected chi connectivity index (χ4v) is 3.43. The molecule has 2 unspecified atom stereocenters. The van der Waals surface area contributed by atoms with Crippen molar-refractivity contribution in [1.82, 2.24) is 0 Å². The maximum absolute atomic E-state index is 11.3. The Morgan fingerprint density at radius 2 is 0.833 bits per heavy atom. The standard InChI is InChI=1S/2C13H24O2/c2*1-10(2)6-5-7-11(3)8-13(15)9-12(4)14/h2*10-11H,5-9H2,1-4H3. The van der Waals surface area contributed by atoms with Crippen molar-refractivity contribution in [2.24, 2.45) is 23.7 Å².